The molecule has 0 aliphatic heterocycles. The van der Waals surface area contributed by atoms with E-state index in [-0.39, 0.29) is 0 Å². The van der Waals surface area contributed by atoms with Gasteiger partial charge in [0.2, 0.25) is 0 Å². The largest absolute Gasteiger partial charge is 0.307 e. The SMILES string of the molecule is CC1CCCCCC1NC1CCCc2sc(Cl)cc21. The molecule has 0 amide bonds. The third-order valence-corrected chi connectivity index (χ3v) is 6.20. The maximum atomic E-state index is 6.20. The Kier molecular flexibility index (Phi) is 4.51. The van der Waals surface area contributed by atoms with Crippen LogP contribution < -0.4 is 5.32 Å². The zero-order valence-corrected chi connectivity index (χ0v) is 13.3. The van der Waals surface area contributed by atoms with Gasteiger partial charge >= 0.3 is 0 Å². The summed E-state index contributed by atoms with van der Waals surface area (Å²) in [5, 5.41) is 3.97. The van der Waals surface area contributed by atoms with E-state index in [0.717, 1.165) is 10.3 Å². The van der Waals surface area contributed by atoms with E-state index < -0.39 is 0 Å². The van der Waals surface area contributed by atoms with E-state index in [9.17, 15) is 0 Å². The lowest BCUT2D eigenvalue weighted by Crippen LogP contribution is -2.38. The van der Waals surface area contributed by atoms with Crippen molar-refractivity contribution in [2.45, 2.75) is 70.4 Å². The summed E-state index contributed by atoms with van der Waals surface area (Å²) in [6, 6.07) is 3.47. The maximum absolute atomic E-state index is 6.20. The summed E-state index contributed by atoms with van der Waals surface area (Å²) in [5.74, 6) is 0.821. The Morgan fingerprint density at radius 2 is 2.00 bits per heavy atom. The molecule has 1 aromatic rings. The quantitative estimate of drug-likeness (QED) is 0.727. The number of hydrogen-bond acceptors (Lipinski definition) is 2. The van der Waals surface area contributed by atoms with Crippen molar-refractivity contribution in [2.24, 2.45) is 5.92 Å². The van der Waals surface area contributed by atoms with Gasteiger partial charge in [0.25, 0.3) is 0 Å². The fourth-order valence-corrected chi connectivity index (χ4v) is 5.08. The Bertz CT molecular complexity index is 428. The molecule has 3 rings (SSSR count). The van der Waals surface area contributed by atoms with Crippen LogP contribution in [-0.4, -0.2) is 6.04 Å². The van der Waals surface area contributed by atoms with Crippen LogP contribution in [0.3, 0.4) is 0 Å². The molecule has 3 heteroatoms. The normalized spacial score (nSPS) is 31.8. The average Bonchev–Trinajstić information content (AvgIpc) is 2.66. The van der Waals surface area contributed by atoms with Crippen LogP contribution >= 0.6 is 22.9 Å². The summed E-state index contributed by atoms with van der Waals surface area (Å²) in [6.45, 7) is 2.42. The van der Waals surface area contributed by atoms with Crippen LogP contribution in [0.1, 0.15) is 68.4 Å². The predicted molar refractivity (Wildman–Crippen MR) is 84.2 cm³/mol. The number of nitrogens with one attached hydrogen (secondary N) is 1. The molecule has 1 heterocycles. The van der Waals surface area contributed by atoms with Crippen LogP contribution in [-0.2, 0) is 6.42 Å². The topological polar surface area (TPSA) is 12.0 Å². The van der Waals surface area contributed by atoms with Crippen molar-refractivity contribution < 1.29 is 0 Å². The molecule has 3 atom stereocenters. The second-order valence-electron chi connectivity index (χ2n) is 6.26. The van der Waals surface area contributed by atoms with Crippen LogP contribution in [0.25, 0.3) is 0 Å². The van der Waals surface area contributed by atoms with Crippen LogP contribution in [0, 0.1) is 5.92 Å². The Morgan fingerprint density at radius 3 is 2.89 bits per heavy atom. The fourth-order valence-electron chi connectivity index (χ4n) is 3.69. The van der Waals surface area contributed by atoms with Gasteiger partial charge in [-0.05, 0) is 49.7 Å². The lowest BCUT2D eigenvalue weighted by Gasteiger charge is -2.31. The van der Waals surface area contributed by atoms with Crippen molar-refractivity contribution in [3.63, 3.8) is 0 Å². The number of hydrogen-bond donors (Lipinski definition) is 1. The summed E-state index contributed by atoms with van der Waals surface area (Å²) < 4.78 is 0.965. The molecule has 1 aromatic heterocycles. The molecule has 1 fully saturated rings. The van der Waals surface area contributed by atoms with Crippen molar-refractivity contribution in [1.29, 1.82) is 0 Å². The predicted octanol–water partition coefficient (Wildman–Crippen LogP) is 5.34. The molecule has 1 nitrogen and oxygen atoms in total. The number of halogens is 1. The van der Waals surface area contributed by atoms with Gasteiger partial charge < -0.3 is 5.32 Å². The highest BCUT2D eigenvalue weighted by Gasteiger charge is 2.27. The standard InChI is InChI=1S/C16H24ClNS/c1-11-6-3-2-4-7-13(11)18-14-8-5-9-15-12(14)10-16(17)19-15/h10-11,13-14,18H,2-9H2,1H3. The molecule has 0 aromatic carbocycles. The number of aryl methyl sites for hydroxylation is 1. The van der Waals surface area contributed by atoms with E-state index in [1.165, 1.54) is 61.8 Å². The second-order valence-corrected chi connectivity index (χ2v) is 8.03. The first-order chi connectivity index (χ1) is 9.24. The molecule has 2 aliphatic carbocycles. The van der Waals surface area contributed by atoms with Gasteiger partial charge in [-0.3, -0.25) is 0 Å². The highest BCUT2D eigenvalue weighted by atomic mass is 35.5. The molecule has 3 unspecified atom stereocenters. The fraction of sp³-hybridized carbons (Fsp3) is 0.750. The van der Waals surface area contributed by atoms with E-state index in [1.807, 2.05) is 0 Å². The third kappa shape index (κ3) is 3.17. The molecule has 1 N–H and O–H groups in total. The molecular formula is C16H24ClNS. The molecule has 0 spiro atoms. The van der Waals surface area contributed by atoms with Crippen molar-refractivity contribution in [3.05, 3.63) is 20.8 Å². The molecule has 0 saturated heterocycles. The van der Waals surface area contributed by atoms with Crippen LogP contribution in [0.2, 0.25) is 4.34 Å². The number of rotatable bonds is 2. The Hall–Kier alpha value is -0.0500. The molecule has 2 aliphatic rings. The van der Waals surface area contributed by atoms with Gasteiger partial charge in [-0.25, -0.2) is 0 Å². The lowest BCUT2D eigenvalue weighted by molar-refractivity contribution is 0.306. The van der Waals surface area contributed by atoms with E-state index >= 15 is 0 Å². The molecule has 0 bridgehead atoms. The third-order valence-electron chi connectivity index (χ3n) is 4.86. The van der Waals surface area contributed by atoms with Gasteiger partial charge in [-0.2, -0.15) is 0 Å². The molecule has 1 saturated carbocycles. The van der Waals surface area contributed by atoms with Crippen LogP contribution in [0.4, 0.5) is 0 Å². The van der Waals surface area contributed by atoms with E-state index in [4.69, 9.17) is 11.6 Å². The number of fused-ring (bicyclic) bond motifs is 1. The summed E-state index contributed by atoms with van der Waals surface area (Å²) in [7, 11) is 0. The second kappa shape index (κ2) is 6.15. The zero-order valence-electron chi connectivity index (χ0n) is 11.8. The zero-order chi connectivity index (χ0) is 13.2. The first-order valence-electron chi connectivity index (χ1n) is 7.78. The number of thiophene rings is 1. The van der Waals surface area contributed by atoms with Gasteiger partial charge in [-0.1, -0.05) is 37.8 Å². The smallest absolute Gasteiger partial charge is 0.0934 e. The Labute approximate surface area is 125 Å². The van der Waals surface area contributed by atoms with Gasteiger partial charge in [0.15, 0.2) is 0 Å². The highest BCUT2D eigenvalue weighted by Crippen LogP contribution is 2.39. The van der Waals surface area contributed by atoms with Gasteiger partial charge in [0.05, 0.1) is 4.34 Å². The summed E-state index contributed by atoms with van der Waals surface area (Å²) >= 11 is 7.99. The highest BCUT2D eigenvalue weighted by molar-refractivity contribution is 7.16. The van der Waals surface area contributed by atoms with Gasteiger partial charge in [0, 0.05) is 17.0 Å². The molecule has 19 heavy (non-hydrogen) atoms. The monoisotopic (exact) mass is 297 g/mol. The average molecular weight is 298 g/mol. The Morgan fingerprint density at radius 1 is 1.16 bits per heavy atom. The summed E-state index contributed by atoms with van der Waals surface area (Å²) in [6.07, 6.45) is 10.8. The minimum Gasteiger partial charge on any atom is -0.307 e. The van der Waals surface area contributed by atoms with Crippen LogP contribution in [0.5, 0.6) is 0 Å². The molecule has 0 radical (unpaired) electrons. The van der Waals surface area contributed by atoms with Gasteiger partial charge in [0.1, 0.15) is 0 Å². The maximum Gasteiger partial charge on any atom is 0.0934 e. The van der Waals surface area contributed by atoms with Crippen molar-refractivity contribution in [1.82, 2.24) is 5.32 Å². The van der Waals surface area contributed by atoms with Gasteiger partial charge in [-0.15, -0.1) is 11.3 Å². The molecular weight excluding hydrogens is 274 g/mol. The van der Waals surface area contributed by atoms with E-state index in [1.54, 1.807) is 11.3 Å². The van der Waals surface area contributed by atoms with Crippen LogP contribution in [0.15, 0.2) is 6.07 Å². The van der Waals surface area contributed by atoms with Crippen molar-refractivity contribution >= 4 is 22.9 Å². The van der Waals surface area contributed by atoms with E-state index in [2.05, 4.69) is 18.3 Å². The van der Waals surface area contributed by atoms with E-state index in [0.29, 0.717) is 12.1 Å². The lowest BCUT2D eigenvalue weighted by atomic mass is 9.90. The minimum atomic E-state index is 0.554. The summed E-state index contributed by atoms with van der Waals surface area (Å²) in [4.78, 5) is 1.52. The first kappa shape index (κ1) is 13.9. The first-order valence-corrected chi connectivity index (χ1v) is 8.97. The Balaban J connectivity index is 1.72. The van der Waals surface area contributed by atoms with Crippen molar-refractivity contribution in [3.8, 4) is 0 Å². The summed E-state index contributed by atoms with van der Waals surface area (Å²) in [5.41, 5.74) is 1.50. The van der Waals surface area contributed by atoms with Crippen molar-refractivity contribution in [2.75, 3.05) is 0 Å². The molecule has 106 valence electrons. The minimum absolute atomic E-state index is 0.554.